The number of carbonyl (C=O) groups excluding carboxylic acids is 2. The number of benzene rings is 1. The van der Waals surface area contributed by atoms with Crippen LogP contribution in [0.1, 0.15) is 12.0 Å². The van der Waals surface area contributed by atoms with E-state index in [0.29, 0.717) is 26.1 Å². The lowest BCUT2D eigenvalue weighted by molar-refractivity contribution is -0.130. The maximum absolute atomic E-state index is 11.9. The summed E-state index contributed by atoms with van der Waals surface area (Å²) < 4.78 is 0. The van der Waals surface area contributed by atoms with Crippen molar-refractivity contribution in [2.45, 2.75) is 13.0 Å². The Morgan fingerprint density at radius 2 is 1.95 bits per heavy atom. The summed E-state index contributed by atoms with van der Waals surface area (Å²) in [5, 5.41) is 2.83. The van der Waals surface area contributed by atoms with E-state index in [-0.39, 0.29) is 11.8 Å². The number of nitrogens with two attached hydrogens (primary N) is 1. The lowest BCUT2D eigenvalue weighted by Gasteiger charge is -2.18. The van der Waals surface area contributed by atoms with E-state index in [1.807, 2.05) is 36.2 Å². The number of rotatable bonds is 7. The Morgan fingerprint density at radius 1 is 1.24 bits per heavy atom. The molecule has 3 N–H and O–H groups in total. The van der Waals surface area contributed by atoms with Crippen LogP contribution in [0.25, 0.3) is 0 Å². The highest BCUT2D eigenvalue weighted by Crippen LogP contribution is 2.10. The fourth-order valence-electron chi connectivity index (χ4n) is 1.74. The predicted octanol–water partition coefficient (Wildman–Crippen LogP) is 0.494. The van der Waals surface area contributed by atoms with Gasteiger partial charge in [-0.2, -0.15) is 0 Å². The van der Waals surface area contributed by atoms with Crippen molar-refractivity contribution in [3.05, 3.63) is 29.8 Å². The molecule has 6 heteroatoms. The molecule has 6 nitrogen and oxygen atoms in total. The molecule has 2 amide bonds. The van der Waals surface area contributed by atoms with Crippen molar-refractivity contribution in [3.8, 4) is 0 Å². The zero-order valence-corrected chi connectivity index (χ0v) is 12.9. The van der Waals surface area contributed by atoms with Gasteiger partial charge in [0.1, 0.15) is 0 Å². The smallest absolute Gasteiger partial charge is 0.236 e. The maximum atomic E-state index is 11.9. The van der Waals surface area contributed by atoms with Crippen LogP contribution in [-0.4, -0.2) is 55.8 Å². The Morgan fingerprint density at radius 3 is 2.57 bits per heavy atom. The molecule has 0 unspecified atom stereocenters. The van der Waals surface area contributed by atoms with Gasteiger partial charge in [0.25, 0.3) is 0 Å². The molecule has 1 aromatic rings. The van der Waals surface area contributed by atoms with Crippen molar-refractivity contribution in [1.29, 1.82) is 0 Å². The van der Waals surface area contributed by atoms with Gasteiger partial charge >= 0.3 is 0 Å². The summed E-state index contributed by atoms with van der Waals surface area (Å²) in [5.74, 6) is -0.0538. The molecule has 0 saturated carbocycles. The van der Waals surface area contributed by atoms with E-state index in [9.17, 15) is 9.59 Å². The monoisotopic (exact) mass is 292 g/mol. The second kappa shape index (κ2) is 8.39. The molecule has 1 rings (SSSR count). The van der Waals surface area contributed by atoms with Gasteiger partial charge in [0.2, 0.25) is 11.8 Å². The van der Waals surface area contributed by atoms with Gasteiger partial charge < -0.3 is 16.0 Å². The van der Waals surface area contributed by atoms with Gasteiger partial charge in [-0.3, -0.25) is 14.5 Å². The van der Waals surface area contributed by atoms with Crippen LogP contribution < -0.4 is 11.1 Å². The molecule has 0 atom stereocenters. The molecule has 1 aromatic carbocycles. The van der Waals surface area contributed by atoms with Gasteiger partial charge in [-0.15, -0.1) is 0 Å². The molecule has 0 aliphatic heterocycles. The Kier molecular flexibility index (Phi) is 6.84. The van der Waals surface area contributed by atoms with E-state index in [4.69, 9.17) is 5.73 Å². The summed E-state index contributed by atoms with van der Waals surface area (Å²) in [5.41, 5.74) is 7.28. The van der Waals surface area contributed by atoms with E-state index in [1.165, 1.54) is 4.90 Å². The minimum Gasteiger partial charge on any atom is -0.348 e. The molecule has 116 valence electrons. The van der Waals surface area contributed by atoms with E-state index in [2.05, 4.69) is 5.32 Å². The average Bonchev–Trinajstić information content (AvgIpc) is 2.45. The van der Waals surface area contributed by atoms with Gasteiger partial charge in [0, 0.05) is 39.3 Å². The van der Waals surface area contributed by atoms with Crippen molar-refractivity contribution in [2.75, 3.05) is 39.5 Å². The van der Waals surface area contributed by atoms with Crippen molar-refractivity contribution in [2.24, 2.45) is 5.73 Å². The zero-order valence-electron chi connectivity index (χ0n) is 12.9. The number of hydrogen-bond donors (Lipinski definition) is 2. The molecule has 0 spiro atoms. The Bertz CT molecular complexity index is 488. The van der Waals surface area contributed by atoms with Crippen LogP contribution in [0.3, 0.4) is 0 Å². The van der Waals surface area contributed by atoms with Gasteiger partial charge in [0.15, 0.2) is 0 Å². The number of hydrogen-bond acceptors (Lipinski definition) is 4. The third kappa shape index (κ3) is 6.37. The van der Waals surface area contributed by atoms with Gasteiger partial charge in [-0.1, -0.05) is 12.1 Å². The molecule has 0 radical (unpaired) electrons. The lowest BCUT2D eigenvalue weighted by atomic mass is 10.2. The van der Waals surface area contributed by atoms with Crippen LogP contribution in [-0.2, 0) is 16.1 Å². The minimum atomic E-state index is -0.0756. The van der Waals surface area contributed by atoms with Crippen molar-refractivity contribution in [3.63, 3.8) is 0 Å². The van der Waals surface area contributed by atoms with E-state index in [0.717, 1.165) is 11.3 Å². The highest BCUT2D eigenvalue weighted by atomic mass is 16.2. The van der Waals surface area contributed by atoms with E-state index < -0.39 is 0 Å². The Balaban J connectivity index is 2.38. The molecular weight excluding hydrogens is 268 g/mol. The summed E-state index contributed by atoms with van der Waals surface area (Å²) in [6, 6.07) is 7.46. The van der Waals surface area contributed by atoms with Crippen LogP contribution >= 0.6 is 0 Å². The van der Waals surface area contributed by atoms with E-state index in [1.54, 1.807) is 14.1 Å². The Hall–Kier alpha value is -1.92. The molecule has 0 aliphatic rings. The number of nitrogens with zero attached hydrogens (tertiary/aromatic N) is 2. The van der Waals surface area contributed by atoms with Crippen LogP contribution in [0.15, 0.2) is 24.3 Å². The zero-order chi connectivity index (χ0) is 15.8. The summed E-state index contributed by atoms with van der Waals surface area (Å²) >= 11 is 0. The van der Waals surface area contributed by atoms with Crippen molar-refractivity contribution >= 4 is 17.5 Å². The predicted molar refractivity (Wildman–Crippen MR) is 83.8 cm³/mol. The third-order valence-corrected chi connectivity index (χ3v) is 3.07. The number of likely N-dealkylation sites (N-methyl/N-ethyl adjacent to an activating group) is 2. The maximum Gasteiger partial charge on any atom is 0.236 e. The molecule has 0 aliphatic carbocycles. The molecule has 0 fully saturated rings. The molecule has 0 bridgehead atoms. The van der Waals surface area contributed by atoms with Crippen LogP contribution in [0.5, 0.6) is 0 Å². The first-order valence-electron chi connectivity index (χ1n) is 6.90. The SMILES string of the molecule is CN(CCC(=O)Nc1cccc(CN)c1)CC(=O)N(C)C. The number of anilines is 1. The fourth-order valence-corrected chi connectivity index (χ4v) is 1.74. The largest absolute Gasteiger partial charge is 0.348 e. The molecule has 21 heavy (non-hydrogen) atoms. The highest BCUT2D eigenvalue weighted by Gasteiger charge is 2.10. The normalized spacial score (nSPS) is 10.5. The third-order valence-electron chi connectivity index (χ3n) is 3.07. The van der Waals surface area contributed by atoms with Crippen LogP contribution in [0.2, 0.25) is 0 Å². The van der Waals surface area contributed by atoms with Crippen molar-refractivity contribution in [1.82, 2.24) is 9.80 Å². The molecule has 0 heterocycles. The summed E-state index contributed by atoms with van der Waals surface area (Å²) in [6.07, 6.45) is 0.337. The van der Waals surface area contributed by atoms with Crippen LogP contribution in [0, 0.1) is 0 Å². The van der Waals surface area contributed by atoms with Gasteiger partial charge in [0.05, 0.1) is 6.54 Å². The quantitative estimate of drug-likeness (QED) is 0.767. The average molecular weight is 292 g/mol. The highest BCUT2D eigenvalue weighted by molar-refractivity contribution is 5.90. The van der Waals surface area contributed by atoms with Gasteiger partial charge in [-0.05, 0) is 24.7 Å². The second-order valence-electron chi connectivity index (χ2n) is 5.23. The first-order chi connectivity index (χ1) is 9.92. The molecule has 0 saturated heterocycles. The number of nitrogens with one attached hydrogen (secondary N) is 1. The number of amides is 2. The lowest BCUT2D eigenvalue weighted by Crippen LogP contribution is -2.35. The molecule has 0 aromatic heterocycles. The first kappa shape index (κ1) is 17.1. The summed E-state index contributed by atoms with van der Waals surface area (Å²) in [7, 11) is 5.25. The Labute approximate surface area is 125 Å². The van der Waals surface area contributed by atoms with E-state index >= 15 is 0 Å². The second-order valence-corrected chi connectivity index (χ2v) is 5.23. The summed E-state index contributed by atoms with van der Waals surface area (Å²) in [4.78, 5) is 26.8. The standard InChI is InChI=1S/C15H24N4O2/c1-18(2)15(21)11-19(3)8-7-14(20)17-13-6-4-5-12(9-13)10-16/h4-6,9H,7-8,10-11,16H2,1-3H3,(H,17,20). The molecular formula is C15H24N4O2. The minimum absolute atomic E-state index is 0.0218. The van der Waals surface area contributed by atoms with Gasteiger partial charge in [-0.25, -0.2) is 0 Å². The van der Waals surface area contributed by atoms with Crippen LogP contribution in [0.4, 0.5) is 5.69 Å². The topological polar surface area (TPSA) is 78.7 Å². The number of carbonyl (C=O) groups is 2. The first-order valence-corrected chi connectivity index (χ1v) is 6.90. The fraction of sp³-hybridized carbons (Fsp3) is 0.467. The summed E-state index contributed by atoms with van der Waals surface area (Å²) in [6.45, 7) is 1.28. The van der Waals surface area contributed by atoms with Crippen molar-refractivity contribution < 1.29 is 9.59 Å².